The second-order valence-electron chi connectivity index (χ2n) is 2.40. The smallest absolute Gasteiger partial charge is 0.149 e. The largest absolute Gasteiger partial charge is 0.463 e. The van der Waals surface area contributed by atoms with Gasteiger partial charge >= 0.3 is 0 Å². The standard InChI is InChI=1S/C8H11N3O/c1-6(10-11-7(2)9)8-4-3-5-12-8/h3-5H,1-2H3,(H2,9,11)/b10-6-. The minimum atomic E-state index is 0.431. The van der Waals surface area contributed by atoms with Gasteiger partial charge in [-0.25, -0.2) is 0 Å². The van der Waals surface area contributed by atoms with E-state index in [0.717, 1.165) is 0 Å². The molecular weight excluding hydrogens is 154 g/mol. The number of hydrogen-bond acceptors (Lipinski definition) is 3. The molecule has 0 radical (unpaired) electrons. The van der Waals surface area contributed by atoms with Crippen molar-refractivity contribution in [2.45, 2.75) is 13.8 Å². The lowest BCUT2D eigenvalue weighted by molar-refractivity contribution is 0.557. The minimum Gasteiger partial charge on any atom is -0.463 e. The van der Waals surface area contributed by atoms with Crippen molar-refractivity contribution in [2.75, 3.05) is 0 Å². The van der Waals surface area contributed by atoms with E-state index in [1.165, 1.54) is 0 Å². The molecule has 12 heavy (non-hydrogen) atoms. The highest BCUT2D eigenvalue weighted by Crippen LogP contribution is 2.01. The van der Waals surface area contributed by atoms with Gasteiger partial charge in [0, 0.05) is 0 Å². The van der Waals surface area contributed by atoms with Crippen molar-refractivity contribution < 1.29 is 4.42 Å². The quantitative estimate of drug-likeness (QED) is 0.408. The first-order valence-electron chi connectivity index (χ1n) is 3.58. The zero-order chi connectivity index (χ0) is 8.97. The molecule has 1 aromatic heterocycles. The van der Waals surface area contributed by atoms with Crippen LogP contribution in [-0.2, 0) is 0 Å². The summed E-state index contributed by atoms with van der Waals surface area (Å²) in [5.41, 5.74) is 6.02. The van der Waals surface area contributed by atoms with Gasteiger partial charge in [-0.15, -0.1) is 5.10 Å². The Morgan fingerprint density at radius 1 is 1.42 bits per heavy atom. The first-order chi connectivity index (χ1) is 5.70. The van der Waals surface area contributed by atoms with Crippen molar-refractivity contribution in [3.63, 3.8) is 0 Å². The zero-order valence-corrected chi connectivity index (χ0v) is 7.11. The van der Waals surface area contributed by atoms with Crippen LogP contribution in [-0.4, -0.2) is 11.5 Å². The number of furan rings is 1. The molecule has 64 valence electrons. The van der Waals surface area contributed by atoms with Crippen molar-refractivity contribution in [3.05, 3.63) is 24.2 Å². The third-order valence-corrected chi connectivity index (χ3v) is 1.24. The van der Waals surface area contributed by atoms with Crippen LogP contribution in [0.2, 0.25) is 0 Å². The molecule has 0 spiro atoms. The van der Waals surface area contributed by atoms with Gasteiger partial charge in [0.05, 0.1) is 6.26 Å². The van der Waals surface area contributed by atoms with Gasteiger partial charge in [0.1, 0.15) is 17.3 Å². The van der Waals surface area contributed by atoms with Gasteiger partial charge in [-0.3, -0.25) is 0 Å². The molecule has 0 atom stereocenters. The van der Waals surface area contributed by atoms with Crippen LogP contribution < -0.4 is 5.73 Å². The molecule has 0 saturated heterocycles. The predicted octanol–water partition coefficient (Wildman–Crippen LogP) is 1.38. The van der Waals surface area contributed by atoms with Crippen LogP contribution in [0, 0.1) is 0 Å². The molecule has 0 aliphatic rings. The molecule has 4 nitrogen and oxygen atoms in total. The summed E-state index contributed by atoms with van der Waals surface area (Å²) < 4.78 is 5.09. The summed E-state index contributed by atoms with van der Waals surface area (Å²) in [6, 6.07) is 3.62. The van der Waals surface area contributed by atoms with Gasteiger partial charge < -0.3 is 10.2 Å². The third-order valence-electron chi connectivity index (χ3n) is 1.24. The number of rotatable bonds is 2. The Morgan fingerprint density at radius 3 is 2.67 bits per heavy atom. The van der Waals surface area contributed by atoms with E-state index in [4.69, 9.17) is 10.2 Å². The second-order valence-corrected chi connectivity index (χ2v) is 2.40. The lowest BCUT2D eigenvalue weighted by Crippen LogP contribution is -2.04. The van der Waals surface area contributed by atoms with Crippen molar-refractivity contribution in [3.8, 4) is 0 Å². The summed E-state index contributed by atoms with van der Waals surface area (Å²) in [5, 5.41) is 7.55. The fourth-order valence-electron chi connectivity index (χ4n) is 0.688. The number of amidine groups is 1. The average molecular weight is 165 g/mol. The van der Waals surface area contributed by atoms with Gasteiger partial charge in [-0.2, -0.15) is 5.10 Å². The first kappa shape index (κ1) is 8.52. The van der Waals surface area contributed by atoms with Gasteiger partial charge in [-0.1, -0.05) is 0 Å². The molecule has 0 aliphatic heterocycles. The summed E-state index contributed by atoms with van der Waals surface area (Å²) in [4.78, 5) is 0. The summed E-state index contributed by atoms with van der Waals surface area (Å²) >= 11 is 0. The molecule has 1 aromatic rings. The van der Waals surface area contributed by atoms with E-state index in [0.29, 0.717) is 17.3 Å². The van der Waals surface area contributed by atoms with Crippen LogP contribution in [0.15, 0.2) is 33.0 Å². The Morgan fingerprint density at radius 2 is 2.17 bits per heavy atom. The maximum absolute atomic E-state index is 5.31. The van der Waals surface area contributed by atoms with Crippen LogP contribution in [0.4, 0.5) is 0 Å². The van der Waals surface area contributed by atoms with Crippen molar-refractivity contribution in [1.29, 1.82) is 0 Å². The third kappa shape index (κ3) is 2.23. The van der Waals surface area contributed by atoms with E-state index in [9.17, 15) is 0 Å². The van der Waals surface area contributed by atoms with E-state index in [-0.39, 0.29) is 0 Å². The molecule has 0 unspecified atom stereocenters. The second kappa shape index (κ2) is 3.71. The Bertz CT molecular complexity index is 294. The fourth-order valence-corrected chi connectivity index (χ4v) is 0.688. The molecule has 0 aliphatic carbocycles. The summed E-state index contributed by atoms with van der Waals surface area (Å²) in [5.74, 6) is 1.14. The molecule has 0 fully saturated rings. The van der Waals surface area contributed by atoms with E-state index >= 15 is 0 Å². The Labute approximate surface area is 70.8 Å². The maximum Gasteiger partial charge on any atom is 0.149 e. The molecule has 0 aromatic carbocycles. The van der Waals surface area contributed by atoms with Crippen LogP contribution >= 0.6 is 0 Å². The first-order valence-corrected chi connectivity index (χ1v) is 3.58. The molecule has 1 heterocycles. The molecule has 0 saturated carbocycles. The van der Waals surface area contributed by atoms with Gasteiger partial charge in [0.2, 0.25) is 0 Å². The molecule has 4 heteroatoms. The Kier molecular flexibility index (Phi) is 2.63. The molecule has 2 N–H and O–H groups in total. The lowest BCUT2D eigenvalue weighted by Gasteiger charge is -1.90. The van der Waals surface area contributed by atoms with E-state index in [1.807, 2.05) is 13.0 Å². The lowest BCUT2D eigenvalue weighted by atomic mass is 10.3. The van der Waals surface area contributed by atoms with Crippen LogP contribution in [0.5, 0.6) is 0 Å². The highest BCUT2D eigenvalue weighted by molar-refractivity contribution is 5.96. The SMILES string of the molecule is C/C(N)=N/N=C(/C)c1ccco1. The Balaban J connectivity index is 2.78. The van der Waals surface area contributed by atoms with Crippen molar-refractivity contribution >= 4 is 11.5 Å². The molecule has 1 rings (SSSR count). The zero-order valence-electron chi connectivity index (χ0n) is 7.11. The Hall–Kier alpha value is -1.58. The van der Waals surface area contributed by atoms with E-state index in [1.54, 1.807) is 19.3 Å². The molecule has 0 amide bonds. The fraction of sp³-hybridized carbons (Fsp3) is 0.250. The maximum atomic E-state index is 5.31. The van der Waals surface area contributed by atoms with Gasteiger partial charge in [0.25, 0.3) is 0 Å². The van der Waals surface area contributed by atoms with E-state index < -0.39 is 0 Å². The van der Waals surface area contributed by atoms with Gasteiger partial charge in [-0.05, 0) is 26.0 Å². The monoisotopic (exact) mass is 165 g/mol. The predicted molar refractivity (Wildman–Crippen MR) is 48.2 cm³/mol. The van der Waals surface area contributed by atoms with Crippen LogP contribution in [0.3, 0.4) is 0 Å². The van der Waals surface area contributed by atoms with Gasteiger partial charge in [0.15, 0.2) is 0 Å². The molecule has 0 bridgehead atoms. The minimum absolute atomic E-state index is 0.431. The topological polar surface area (TPSA) is 63.9 Å². The highest BCUT2D eigenvalue weighted by Gasteiger charge is 1.97. The average Bonchev–Trinajstić information content (AvgIpc) is 2.51. The van der Waals surface area contributed by atoms with Crippen molar-refractivity contribution in [1.82, 2.24) is 0 Å². The highest BCUT2D eigenvalue weighted by atomic mass is 16.3. The summed E-state index contributed by atoms with van der Waals surface area (Å²) in [7, 11) is 0. The van der Waals surface area contributed by atoms with Crippen molar-refractivity contribution in [2.24, 2.45) is 15.9 Å². The number of hydrogen-bond donors (Lipinski definition) is 1. The van der Waals surface area contributed by atoms with Crippen LogP contribution in [0.25, 0.3) is 0 Å². The summed E-state index contributed by atoms with van der Waals surface area (Å²) in [6.45, 7) is 3.49. The normalized spacial score (nSPS) is 13.5. The number of nitrogens with zero attached hydrogens (tertiary/aromatic N) is 2. The van der Waals surface area contributed by atoms with Crippen LogP contribution in [0.1, 0.15) is 19.6 Å². The molecular formula is C8H11N3O. The number of nitrogens with two attached hydrogens (primary N) is 1. The van der Waals surface area contributed by atoms with E-state index in [2.05, 4.69) is 10.2 Å². The summed E-state index contributed by atoms with van der Waals surface area (Å²) in [6.07, 6.45) is 1.59.